The van der Waals surface area contributed by atoms with Crippen LogP contribution in [0.15, 0.2) is 29.4 Å². The minimum absolute atomic E-state index is 0. The Balaban J connectivity index is 0.00000392. The summed E-state index contributed by atoms with van der Waals surface area (Å²) in [4.78, 5) is 10.0. The smallest absolute Gasteiger partial charge is 0.191 e. The van der Waals surface area contributed by atoms with Gasteiger partial charge in [-0.25, -0.2) is 4.98 Å². The van der Waals surface area contributed by atoms with Gasteiger partial charge in [0, 0.05) is 36.8 Å². The van der Waals surface area contributed by atoms with Gasteiger partial charge in [0.1, 0.15) is 17.4 Å². The molecule has 0 bridgehead atoms. The van der Waals surface area contributed by atoms with Crippen LogP contribution >= 0.6 is 35.3 Å². The lowest BCUT2D eigenvalue weighted by Gasteiger charge is -2.15. The SMILES string of the molecule is CCOCCOc1cc(C)ccc1CNC(=NC)NCc1ncc(CC)s1.I. The van der Waals surface area contributed by atoms with Gasteiger partial charge in [-0.05, 0) is 31.9 Å². The van der Waals surface area contributed by atoms with Crippen LogP contribution < -0.4 is 15.4 Å². The van der Waals surface area contributed by atoms with E-state index in [0.717, 1.165) is 28.7 Å². The third-order valence-corrected chi connectivity index (χ3v) is 5.08. The number of aromatic nitrogens is 1. The molecule has 1 heterocycles. The summed E-state index contributed by atoms with van der Waals surface area (Å²) in [6.07, 6.45) is 2.96. The lowest BCUT2D eigenvalue weighted by Crippen LogP contribution is -2.36. The highest BCUT2D eigenvalue weighted by Gasteiger charge is 2.07. The zero-order chi connectivity index (χ0) is 19.5. The van der Waals surface area contributed by atoms with Crippen molar-refractivity contribution in [2.75, 3.05) is 26.9 Å². The van der Waals surface area contributed by atoms with Gasteiger partial charge in [0.05, 0.1) is 13.2 Å². The van der Waals surface area contributed by atoms with E-state index in [1.165, 1.54) is 10.4 Å². The highest BCUT2D eigenvalue weighted by Crippen LogP contribution is 2.20. The zero-order valence-corrected chi connectivity index (χ0v) is 20.2. The van der Waals surface area contributed by atoms with E-state index >= 15 is 0 Å². The average molecular weight is 518 g/mol. The maximum atomic E-state index is 5.90. The maximum Gasteiger partial charge on any atom is 0.191 e. The molecule has 0 atom stereocenters. The van der Waals surface area contributed by atoms with Crippen molar-refractivity contribution >= 4 is 41.3 Å². The molecule has 2 aromatic rings. The van der Waals surface area contributed by atoms with E-state index in [-0.39, 0.29) is 24.0 Å². The lowest BCUT2D eigenvalue weighted by atomic mass is 10.1. The summed E-state index contributed by atoms with van der Waals surface area (Å²) in [6.45, 7) is 9.31. The minimum atomic E-state index is 0. The molecule has 2 N–H and O–H groups in total. The highest BCUT2D eigenvalue weighted by molar-refractivity contribution is 14.0. The van der Waals surface area contributed by atoms with Gasteiger partial charge in [-0.15, -0.1) is 35.3 Å². The van der Waals surface area contributed by atoms with E-state index in [2.05, 4.69) is 52.7 Å². The van der Waals surface area contributed by atoms with Crippen molar-refractivity contribution in [3.05, 3.63) is 45.4 Å². The third-order valence-electron chi connectivity index (χ3n) is 3.94. The van der Waals surface area contributed by atoms with Crippen molar-refractivity contribution in [2.24, 2.45) is 4.99 Å². The number of halogens is 1. The second-order valence-corrected chi connectivity index (χ2v) is 7.21. The number of ether oxygens (including phenoxy) is 2. The Morgan fingerprint density at radius 1 is 1.18 bits per heavy atom. The maximum absolute atomic E-state index is 5.90. The van der Waals surface area contributed by atoms with E-state index in [1.54, 1.807) is 18.4 Å². The molecular formula is C20H31IN4O2S. The van der Waals surface area contributed by atoms with Crippen LogP contribution in [-0.4, -0.2) is 37.8 Å². The molecule has 0 aliphatic heterocycles. The number of guanidine groups is 1. The standard InChI is InChI=1S/C20H30N4O2S.HI/c1-5-17-13-22-19(27-17)14-24-20(21-4)23-12-16-8-7-15(3)11-18(16)26-10-9-25-6-2;/h7-8,11,13H,5-6,9-10,12,14H2,1-4H3,(H2,21,23,24);1H. The van der Waals surface area contributed by atoms with Gasteiger partial charge in [-0.1, -0.05) is 19.1 Å². The molecule has 0 fully saturated rings. The molecule has 0 spiro atoms. The summed E-state index contributed by atoms with van der Waals surface area (Å²) in [5.41, 5.74) is 2.26. The van der Waals surface area contributed by atoms with Crippen LogP contribution in [0, 0.1) is 6.92 Å². The van der Waals surface area contributed by atoms with Crippen LogP contribution in [0.25, 0.3) is 0 Å². The molecule has 6 nitrogen and oxygen atoms in total. The van der Waals surface area contributed by atoms with Crippen LogP contribution in [-0.2, 0) is 24.2 Å². The first kappa shape index (κ1) is 24.6. The summed E-state index contributed by atoms with van der Waals surface area (Å²) in [5.74, 6) is 1.62. The molecule has 0 aliphatic carbocycles. The molecular weight excluding hydrogens is 487 g/mol. The number of rotatable bonds is 10. The Kier molecular flexibility index (Phi) is 12.1. The Hall–Kier alpha value is -1.39. The second-order valence-electron chi connectivity index (χ2n) is 6.01. The summed E-state index contributed by atoms with van der Waals surface area (Å²) >= 11 is 1.73. The first-order valence-electron chi connectivity index (χ1n) is 9.34. The van der Waals surface area contributed by atoms with Crippen molar-refractivity contribution in [2.45, 2.75) is 40.3 Å². The Bertz CT molecular complexity index is 737. The van der Waals surface area contributed by atoms with Gasteiger partial charge in [-0.2, -0.15) is 0 Å². The molecule has 2 rings (SSSR count). The van der Waals surface area contributed by atoms with Crippen LogP contribution in [0.1, 0.15) is 34.9 Å². The average Bonchev–Trinajstić information content (AvgIpc) is 3.14. The minimum Gasteiger partial charge on any atom is -0.491 e. The second kappa shape index (κ2) is 13.7. The molecule has 8 heteroatoms. The topological polar surface area (TPSA) is 67.8 Å². The number of nitrogens with one attached hydrogen (secondary N) is 2. The van der Waals surface area contributed by atoms with Crippen molar-refractivity contribution < 1.29 is 9.47 Å². The largest absolute Gasteiger partial charge is 0.491 e. The summed E-state index contributed by atoms with van der Waals surface area (Å²) in [7, 11) is 1.77. The number of thiazole rings is 1. The van der Waals surface area contributed by atoms with E-state index in [0.29, 0.717) is 32.9 Å². The van der Waals surface area contributed by atoms with Crippen LogP contribution in [0.4, 0.5) is 0 Å². The van der Waals surface area contributed by atoms with E-state index in [4.69, 9.17) is 9.47 Å². The fourth-order valence-electron chi connectivity index (χ4n) is 2.45. The monoisotopic (exact) mass is 518 g/mol. The molecule has 156 valence electrons. The number of benzene rings is 1. The molecule has 1 aromatic heterocycles. The lowest BCUT2D eigenvalue weighted by molar-refractivity contribution is 0.110. The number of hydrogen-bond donors (Lipinski definition) is 2. The molecule has 0 radical (unpaired) electrons. The number of nitrogens with zero attached hydrogens (tertiary/aromatic N) is 2. The van der Waals surface area contributed by atoms with E-state index < -0.39 is 0 Å². The molecule has 0 saturated heterocycles. The third kappa shape index (κ3) is 8.32. The van der Waals surface area contributed by atoms with Crippen molar-refractivity contribution in [1.29, 1.82) is 0 Å². The zero-order valence-electron chi connectivity index (χ0n) is 17.1. The quantitative estimate of drug-likeness (QED) is 0.216. The Labute approximate surface area is 189 Å². The number of aryl methyl sites for hydroxylation is 2. The first-order valence-corrected chi connectivity index (χ1v) is 10.2. The Morgan fingerprint density at radius 2 is 1.96 bits per heavy atom. The van der Waals surface area contributed by atoms with Crippen molar-refractivity contribution in [3.63, 3.8) is 0 Å². The van der Waals surface area contributed by atoms with Crippen LogP contribution in [0.3, 0.4) is 0 Å². The van der Waals surface area contributed by atoms with Crippen molar-refractivity contribution in [1.82, 2.24) is 15.6 Å². The molecule has 1 aromatic carbocycles. The summed E-state index contributed by atoms with van der Waals surface area (Å²) in [6, 6.07) is 6.23. The predicted molar refractivity (Wildman–Crippen MR) is 127 cm³/mol. The molecule has 0 amide bonds. The van der Waals surface area contributed by atoms with E-state index in [1.807, 2.05) is 13.1 Å². The summed E-state index contributed by atoms with van der Waals surface area (Å²) in [5, 5.41) is 7.71. The molecule has 0 aliphatic rings. The van der Waals surface area contributed by atoms with Gasteiger partial charge < -0.3 is 20.1 Å². The number of aliphatic imine (C=N–C) groups is 1. The van der Waals surface area contributed by atoms with Gasteiger partial charge in [0.2, 0.25) is 0 Å². The Morgan fingerprint density at radius 3 is 2.64 bits per heavy atom. The van der Waals surface area contributed by atoms with Gasteiger partial charge in [0.15, 0.2) is 5.96 Å². The molecule has 0 saturated carbocycles. The molecule has 28 heavy (non-hydrogen) atoms. The highest BCUT2D eigenvalue weighted by atomic mass is 127. The van der Waals surface area contributed by atoms with Crippen LogP contribution in [0.5, 0.6) is 5.75 Å². The fraction of sp³-hybridized carbons (Fsp3) is 0.500. The first-order chi connectivity index (χ1) is 13.2. The number of hydrogen-bond acceptors (Lipinski definition) is 5. The van der Waals surface area contributed by atoms with Crippen LogP contribution in [0.2, 0.25) is 0 Å². The van der Waals surface area contributed by atoms with Crippen molar-refractivity contribution in [3.8, 4) is 5.75 Å². The predicted octanol–water partition coefficient (Wildman–Crippen LogP) is 3.91. The summed E-state index contributed by atoms with van der Waals surface area (Å²) < 4.78 is 11.2. The van der Waals surface area contributed by atoms with Gasteiger partial charge in [-0.3, -0.25) is 4.99 Å². The van der Waals surface area contributed by atoms with Gasteiger partial charge in [0.25, 0.3) is 0 Å². The normalized spacial score (nSPS) is 11.1. The van der Waals surface area contributed by atoms with Gasteiger partial charge >= 0.3 is 0 Å². The fourth-order valence-corrected chi connectivity index (χ4v) is 3.25. The molecule has 0 unspecified atom stereocenters. The van der Waals surface area contributed by atoms with E-state index in [9.17, 15) is 0 Å².